The molecule has 0 bridgehead atoms. The molecule has 0 aliphatic heterocycles. The first-order chi connectivity index (χ1) is 12.5. The summed E-state index contributed by atoms with van der Waals surface area (Å²) in [4.78, 5) is 35.0. The van der Waals surface area contributed by atoms with Crippen LogP contribution in [0.4, 0.5) is 0 Å². The van der Waals surface area contributed by atoms with Crippen molar-refractivity contribution in [2.24, 2.45) is 15.7 Å². The van der Waals surface area contributed by atoms with Crippen molar-refractivity contribution in [3.63, 3.8) is 0 Å². The van der Waals surface area contributed by atoms with Crippen LogP contribution in [-0.2, 0) is 0 Å². The second kappa shape index (κ2) is 9.05. The number of aliphatic imine (C=N–C) groups is 2. The maximum atomic E-state index is 12.3. The minimum atomic E-state index is -1.11. The normalized spacial score (nSPS) is 21.0. The Morgan fingerprint density at radius 2 is 1.92 bits per heavy atom. The predicted octanol–water partition coefficient (Wildman–Crippen LogP) is -1.03. The zero-order chi connectivity index (χ0) is 19.2. The summed E-state index contributed by atoms with van der Waals surface area (Å²) in [6.45, 7) is 3.80. The van der Waals surface area contributed by atoms with Crippen molar-refractivity contribution < 1.29 is 0 Å². The summed E-state index contributed by atoms with van der Waals surface area (Å²) in [6.07, 6.45) is 4.86. The van der Waals surface area contributed by atoms with Crippen molar-refractivity contribution in [3.8, 4) is 0 Å². The Labute approximate surface area is 160 Å². The fraction of sp³-hybridized carbons (Fsp3) is 0.500. The van der Waals surface area contributed by atoms with Crippen LogP contribution >= 0.6 is 24.4 Å². The zero-order valence-electron chi connectivity index (χ0n) is 14.3. The van der Waals surface area contributed by atoms with E-state index in [0.29, 0.717) is 19.6 Å². The summed E-state index contributed by atoms with van der Waals surface area (Å²) in [5.41, 5.74) is 3.63. The molecule has 0 amide bonds. The van der Waals surface area contributed by atoms with E-state index in [1.165, 1.54) is 0 Å². The lowest BCUT2D eigenvalue weighted by atomic mass is 9.91. The number of nitrogens with two attached hydrogens (primary N) is 1. The van der Waals surface area contributed by atoms with Crippen LogP contribution in [-0.4, -0.2) is 56.8 Å². The number of unbranched alkanes of at least 4 members (excludes halogenated alkanes) is 1. The lowest BCUT2D eigenvalue weighted by Gasteiger charge is -2.41. The molecular weight excluding hydrogens is 372 g/mol. The standard InChI is InChI=1S/C16H20N6O2S2/c1-2-22(6-4-3-5-17)16(19-10-26)8-12-11(7-13(16)18-9-25)14(23)20-21-15(12)24/h7-8,13H,2-6,17H2,1H3,(H,20,23)(H,21,24). The highest BCUT2D eigenvalue weighted by atomic mass is 32.1. The maximum absolute atomic E-state index is 12.3. The van der Waals surface area contributed by atoms with Crippen LogP contribution < -0.4 is 27.3 Å². The lowest BCUT2D eigenvalue weighted by Crippen LogP contribution is -2.62. The van der Waals surface area contributed by atoms with E-state index >= 15 is 0 Å². The third-order valence-corrected chi connectivity index (χ3v) is 4.57. The number of likely N-dealkylation sites (N-methyl/N-ethyl adjacent to an activating group) is 1. The molecule has 1 aromatic heterocycles. The molecule has 0 radical (unpaired) electrons. The average molecular weight is 393 g/mol. The number of isothiocyanates is 2. The van der Waals surface area contributed by atoms with E-state index in [4.69, 9.17) is 30.2 Å². The largest absolute Gasteiger partial charge is 0.330 e. The van der Waals surface area contributed by atoms with Gasteiger partial charge in [0.2, 0.25) is 0 Å². The van der Waals surface area contributed by atoms with Gasteiger partial charge in [-0.05, 0) is 62.5 Å². The lowest BCUT2D eigenvalue weighted by molar-refractivity contribution is 0.147. The molecule has 1 aromatic rings. The summed E-state index contributed by atoms with van der Waals surface area (Å²) in [7, 11) is 0. The maximum Gasteiger partial charge on any atom is 0.270 e. The molecule has 0 spiro atoms. The van der Waals surface area contributed by atoms with Crippen molar-refractivity contribution in [1.29, 1.82) is 0 Å². The van der Waals surface area contributed by atoms with Crippen molar-refractivity contribution in [2.75, 3.05) is 19.6 Å². The van der Waals surface area contributed by atoms with Crippen LogP contribution in [0, 0.1) is 0 Å². The van der Waals surface area contributed by atoms with Gasteiger partial charge in [0.25, 0.3) is 11.1 Å². The molecular formula is C16H20N6O2S2. The third kappa shape index (κ3) is 3.86. The van der Waals surface area contributed by atoms with Crippen molar-refractivity contribution >= 4 is 46.9 Å². The number of fused-ring (bicyclic) bond motifs is 1. The van der Waals surface area contributed by atoms with E-state index in [1.807, 2.05) is 11.8 Å². The van der Waals surface area contributed by atoms with Crippen LogP contribution in [0.25, 0.3) is 12.2 Å². The number of thiocarbonyl (C=S) groups is 2. The molecule has 2 rings (SSSR count). The van der Waals surface area contributed by atoms with Gasteiger partial charge < -0.3 is 5.73 Å². The number of aromatic nitrogens is 2. The van der Waals surface area contributed by atoms with Crippen LogP contribution in [0.1, 0.15) is 19.8 Å². The van der Waals surface area contributed by atoms with E-state index in [1.54, 1.807) is 12.2 Å². The fourth-order valence-corrected chi connectivity index (χ4v) is 3.39. The second-order valence-electron chi connectivity index (χ2n) is 5.77. The highest BCUT2D eigenvalue weighted by molar-refractivity contribution is 7.78. The van der Waals surface area contributed by atoms with Gasteiger partial charge in [0.05, 0.1) is 20.8 Å². The molecule has 8 nitrogen and oxygen atoms in total. The van der Waals surface area contributed by atoms with Gasteiger partial charge in [-0.25, -0.2) is 9.98 Å². The molecule has 2 atom stereocenters. The van der Waals surface area contributed by atoms with Crippen molar-refractivity contribution in [2.45, 2.75) is 31.5 Å². The monoisotopic (exact) mass is 392 g/mol. The molecule has 10 heteroatoms. The number of H-pyrrole nitrogens is 2. The van der Waals surface area contributed by atoms with E-state index < -0.39 is 22.8 Å². The van der Waals surface area contributed by atoms with Crippen molar-refractivity contribution in [3.05, 3.63) is 31.1 Å². The van der Waals surface area contributed by atoms with Crippen LogP contribution in [0.5, 0.6) is 0 Å². The Balaban J connectivity index is 2.79. The predicted molar refractivity (Wildman–Crippen MR) is 108 cm³/mol. The minimum absolute atomic E-state index is 0.218. The molecule has 0 aromatic carbocycles. The first-order valence-corrected chi connectivity index (χ1v) is 9.02. The van der Waals surface area contributed by atoms with Gasteiger partial charge in [-0.3, -0.25) is 24.7 Å². The Hall–Kier alpha value is -2.06. The summed E-state index contributed by atoms with van der Waals surface area (Å²) in [6, 6.07) is -0.663. The zero-order valence-corrected chi connectivity index (χ0v) is 16.0. The fourth-order valence-electron chi connectivity index (χ4n) is 3.13. The first kappa shape index (κ1) is 20.3. The smallest absolute Gasteiger partial charge is 0.270 e. The Bertz CT molecular complexity index is 987. The summed E-state index contributed by atoms with van der Waals surface area (Å²) in [5, 5.41) is 9.84. The van der Waals surface area contributed by atoms with Gasteiger partial charge in [0.1, 0.15) is 6.04 Å². The molecule has 0 saturated carbocycles. The van der Waals surface area contributed by atoms with Crippen molar-refractivity contribution in [1.82, 2.24) is 15.1 Å². The molecule has 2 unspecified atom stereocenters. The van der Waals surface area contributed by atoms with Crippen LogP contribution in [0.3, 0.4) is 0 Å². The Kier molecular flexibility index (Phi) is 7.05. The van der Waals surface area contributed by atoms with Crippen LogP contribution in [0.15, 0.2) is 19.6 Å². The molecule has 0 saturated heterocycles. The van der Waals surface area contributed by atoms with E-state index in [2.05, 4.69) is 30.5 Å². The SMILES string of the molecule is CCN(CCCCN)C1(N=C=S)C=c2c(=O)[nH][nH]c(=O)c2=CC1N=C=S. The van der Waals surface area contributed by atoms with Gasteiger partial charge in [0, 0.05) is 6.54 Å². The van der Waals surface area contributed by atoms with Gasteiger partial charge in [0.15, 0.2) is 5.66 Å². The highest BCUT2D eigenvalue weighted by Gasteiger charge is 2.42. The quantitative estimate of drug-likeness (QED) is 0.296. The van der Waals surface area contributed by atoms with Gasteiger partial charge >= 0.3 is 0 Å². The molecule has 26 heavy (non-hydrogen) atoms. The second-order valence-corrected chi connectivity index (χ2v) is 6.14. The summed E-state index contributed by atoms with van der Waals surface area (Å²) >= 11 is 9.64. The number of hydrogen-bond donors (Lipinski definition) is 3. The van der Waals surface area contributed by atoms with E-state index in [0.717, 1.165) is 12.8 Å². The Morgan fingerprint density at radius 3 is 2.50 bits per heavy atom. The number of nitrogens with one attached hydrogen (secondary N) is 2. The molecule has 4 N–H and O–H groups in total. The van der Waals surface area contributed by atoms with Crippen LogP contribution in [0.2, 0.25) is 0 Å². The average Bonchev–Trinajstić information content (AvgIpc) is 2.63. The number of rotatable bonds is 8. The number of aromatic amines is 2. The Morgan fingerprint density at radius 1 is 1.23 bits per heavy atom. The molecule has 1 aliphatic rings. The number of nitrogens with zero attached hydrogens (tertiary/aromatic N) is 3. The number of hydrogen-bond acceptors (Lipinski definition) is 8. The summed E-state index contributed by atoms with van der Waals surface area (Å²) < 4.78 is 0. The van der Waals surface area contributed by atoms with E-state index in [-0.39, 0.29) is 10.4 Å². The molecule has 1 heterocycles. The molecule has 138 valence electrons. The van der Waals surface area contributed by atoms with Gasteiger partial charge in [-0.15, -0.1) is 0 Å². The summed E-state index contributed by atoms with van der Waals surface area (Å²) in [5.74, 6) is 0. The van der Waals surface area contributed by atoms with E-state index in [9.17, 15) is 9.59 Å². The minimum Gasteiger partial charge on any atom is -0.330 e. The van der Waals surface area contributed by atoms with Gasteiger partial charge in [-0.1, -0.05) is 6.92 Å². The van der Waals surface area contributed by atoms with Gasteiger partial charge in [-0.2, -0.15) is 0 Å². The topological polar surface area (TPSA) is 120 Å². The highest BCUT2D eigenvalue weighted by Crippen LogP contribution is 2.28. The molecule has 0 fully saturated rings. The first-order valence-electron chi connectivity index (χ1n) is 8.20. The molecule has 1 aliphatic carbocycles. The third-order valence-electron chi connectivity index (χ3n) is 4.37.